The van der Waals surface area contributed by atoms with Crippen LogP contribution in [0.5, 0.6) is 0 Å². The highest BCUT2D eigenvalue weighted by Crippen LogP contribution is 2.25. The van der Waals surface area contributed by atoms with Crippen LogP contribution in [0.15, 0.2) is 47.4 Å². The Morgan fingerprint density at radius 1 is 1.24 bits per heavy atom. The average molecular weight is 419 g/mol. The van der Waals surface area contributed by atoms with E-state index in [9.17, 15) is 23.3 Å². The lowest BCUT2D eigenvalue weighted by Crippen LogP contribution is -2.31. The highest BCUT2D eigenvalue weighted by atomic mass is 32.2. The monoisotopic (exact) mass is 419 g/mol. The summed E-state index contributed by atoms with van der Waals surface area (Å²) in [4.78, 5) is 23.0. The number of anilines is 1. The van der Waals surface area contributed by atoms with Crippen LogP contribution in [0.25, 0.3) is 0 Å². The van der Waals surface area contributed by atoms with Crippen molar-refractivity contribution >= 4 is 27.3 Å². The molecule has 0 spiro atoms. The van der Waals surface area contributed by atoms with Crippen LogP contribution in [-0.4, -0.2) is 38.5 Å². The van der Waals surface area contributed by atoms with E-state index in [0.717, 1.165) is 12.8 Å². The largest absolute Gasteiger partial charge is 0.377 e. The Bertz CT molecular complexity index is 1010. The molecule has 0 radical (unpaired) electrons. The van der Waals surface area contributed by atoms with Gasteiger partial charge < -0.3 is 10.1 Å². The molecule has 29 heavy (non-hydrogen) atoms. The van der Waals surface area contributed by atoms with Crippen molar-refractivity contribution in [2.24, 2.45) is 0 Å². The number of benzene rings is 2. The van der Waals surface area contributed by atoms with Gasteiger partial charge in [-0.3, -0.25) is 14.9 Å². The van der Waals surface area contributed by atoms with E-state index in [1.54, 1.807) is 13.0 Å². The van der Waals surface area contributed by atoms with Crippen molar-refractivity contribution < 1.29 is 22.9 Å². The molecule has 3 rings (SSSR count). The van der Waals surface area contributed by atoms with Crippen LogP contribution < -0.4 is 10.0 Å². The summed E-state index contributed by atoms with van der Waals surface area (Å²) in [6, 6.07) is 9.86. The van der Waals surface area contributed by atoms with Gasteiger partial charge in [0.1, 0.15) is 0 Å². The van der Waals surface area contributed by atoms with Crippen LogP contribution >= 0.6 is 0 Å². The molecule has 1 aliphatic rings. The van der Waals surface area contributed by atoms with Crippen LogP contribution in [0.3, 0.4) is 0 Å². The topological polar surface area (TPSA) is 128 Å². The molecular formula is C19H21N3O6S. The molecule has 1 aliphatic heterocycles. The highest BCUT2D eigenvalue weighted by molar-refractivity contribution is 7.89. The first-order valence-corrected chi connectivity index (χ1v) is 10.5. The minimum absolute atomic E-state index is 0.0403. The zero-order valence-electron chi connectivity index (χ0n) is 15.8. The van der Waals surface area contributed by atoms with E-state index in [-0.39, 0.29) is 28.8 Å². The van der Waals surface area contributed by atoms with Crippen LogP contribution in [0.1, 0.15) is 28.8 Å². The van der Waals surface area contributed by atoms with Crippen LogP contribution in [0.4, 0.5) is 11.4 Å². The van der Waals surface area contributed by atoms with E-state index in [1.807, 2.05) is 0 Å². The molecule has 2 aromatic rings. The summed E-state index contributed by atoms with van der Waals surface area (Å²) < 4.78 is 32.7. The van der Waals surface area contributed by atoms with Crippen molar-refractivity contribution in [1.82, 2.24) is 4.72 Å². The van der Waals surface area contributed by atoms with Crippen LogP contribution in [0, 0.1) is 17.0 Å². The number of nitro benzene ring substituents is 1. The minimum Gasteiger partial charge on any atom is -0.377 e. The van der Waals surface area contributed by atoms with Gasteiger partial charge in [-0.1, -0.05) is 6.07 Å². The molecule has 10 heteroatoms. The van der Waals surface area contributed by atoms with Gasteiger partial charge in [-0.25, -0.2) is 13.1 Å². The highest BCUT2D eigenvalue weighted by Gasteiger charge is 2.21. The molecule has 1 heterocycles. The molecule has 0 aromatic heterocycles. The molecule has 0 aliphatic carbocycles. The van der Waals surface area contributed by atoms with Gasteiger partial charge in [0.15, 0.2) is 0 Å². The Morgan fingerprint density at radius 2 is 1.97 bits per heavy atom. The number of hydrogen-bond donors (Lipinski definition) is 2. The maximum atomic E-state index is 12.4. The van der Waals surface area contributed by atoms with Gasteiger partial charge in [-0.2, -0.15) is 0 Å². The molecule has 1 saturated heterocycles. The standard InChI is InChI=1S/C19H21N3O6S/c1-13-17(5-2-6-18(13)22(24)25)21-19(23)14-7-9-16(10-8-14)29(26,27)20-12-15-4-3-11-28-15/h2,5-10,15,20H,3-4,11-12H2,1H3,(H,21,23). The number of rotatable bonds is 7. The van der Waals surface area contributed by atoms with Gasteiger partial charge in [0.2, 0.25) is 10.0 Å². The number of hydrogen-bond acceptors (Lipinski definition) is 6. The molecule has 0 saturated carbocycles. The zero-order valence-corrected chi connectivity index (χ0v) is 16.6. The number of ether oxygens (including phenoxy) is 1. The van der Waals surface area contributed by atoms with Gasteiger partial charge in [0.25, 0.3) is 11.6 Å². The third-order valence-electron chi connectivity index (χ3n) is 4.70. The predicted molar refractivity (Wildman–Crippen MR) is 106 cm³/mol. The summed E-state index contributed by atoms with van der Waals surface area (Å²) in [5.41, 5.74) is 0.790. The second-order valence-electron chi connectivity index (χ2n) is 6.67. The number of carbonyl (C=O) groups excluding carboxylic acids is 1. The first kappa shape index (κ1) is 20.9. The number of carbonyl (C=O) groups is 1. The third kappa shape index (κ3) is 4.97. The molecule has 1 fully saturated rings. The van der Waals surface area contributed by atoms with Crippen molar-refractivity contribution in [3.8, 4) is 0 Å². The summed E-state index contributed by atoms with van der Waals surface area (Å²) in [5, 5.41) is 13.6. The second-order valence-corrected chi connectivity index (χ2v) is 8.44. The molecular weight excluding hydrogens is 398 g/mol. The van der Waals surface area contributed by atoms with E-state index in [4.69, 9.17) is 4.74 Å². The second kappa shape index (κ2) is 8.68. The van der Waals surface area contributed by atoms with Crippen molar-refractivity contribution in [2.75, 3.05) is 18.5 Å². The summed E-state index contributed by atoms with van der Waals surface area (Å²) in [6.45, 7) is 2.39. The molecule has 154 valence electrons. The van der Waals surface area contributed by atoms with Gasteiger partial charge in [-0.05, 0) is 50.1 Å². The summed E-state index contributed by atoms with van der Waals surface area (Å²) in [5.74, 6) is -0.495. The van der Waals surface area contributed by atoms with Crippen LogP contribution in [0.2, 0.25) is 0 Å². The molecule has 1 atom stereocenters. The zero-order chi connectivity index (χ0) is 21.0. The van der Waals surface area contributed by atoms with Crippen molar-refractivity contribution in [3.63, 3.8) is 0 Å². The van der Waals surface area contributed by atoms with Crippen LogP contribution in [-0.2, 0) is 14.8 Å². The predicted octanol–water partition coefficient (Wildman–Crippen LogP) is 2.61. The molecule has 1 unspecified atom stereocenters. The van der Waals surface area contributed by atoms with E-state index >= 15 is 0 Å². The Kier molecular flexibility index (Phi) is 6.26. The van der Waals surface area contributed by atoms with E-state index in [1.165, 1.54) is 36.4 Å². The van der Waals surface area contributed by atoms with Gasteiger partial charge in [-0.15, -0.1) is 0 Å². The Balaban J connectivity index is 1.69. The van der Waals surface area contributed by atoms with E-state index in [0.29, 0.717) is 17.9 Å². The van der Waals surface area contributed by atoms with Crippen molar-refractivity contribution in [1.29, 1.82) is 0 Å². The quantitative estimate of drug-likeness (QED) is 0.524. The van der Waals surface area contributed by atoms with Gasteiger partial charge in [0, 0.05) is 24.8 Å². The first-order valence-electron chi connectivity index (χ1n) is 9.04. The summed E-state index contributed by atoms with van der Waals surface area (Å²) in [7, 11) is -3.71. The molecule has 2 aromatic carbocycles. The fourth-order valence-corrected chi connectivity index (χ4v) is 4.09. The molecule has 0 bridgehead atoms. The Hall–Kier alpha value is -2.82. The number of sulfonamides is 1. The lowest BCUT2D eigenvalue weighted by molar-refractivity contribution is -0.385. The third-order valence-corrected chi connectivity index (χ3v) is 6.14. The maximum Gasteiger partial charge on any atom is 0.274 e. The van der Waals surface area contributed by atoms with Gasteiger partial charge >= 0.3 is 0 Å². The normalized spacial score (nSPS) is 16.5. The molecule has 9 nitrogen and oxygen atoms in total. The Labute approximate surface area is 168 Å². The van der Waals surface area contributed by atoms with E-state index in [2.05, 4.69) is 10.0 Å². The minimum atomic E-state index is -3.71. The number of nitro groups is 1. The molecule has 2 N–H and O–H groups in total. The van der Waals surface area contributed by atoms with E-state index < -0.39 is 20.9 Å². The summed E-state index contributed by atoms with van der Waals surface area (Å²) >= 11 is 0. The maximum absolute atomic E-state index is 12.4. The number of nitrogens with one attached hydrogen (secondary N) is 2. The fourth-order valence-electron chi connectivity index (χ4n) is 3.03. The SMILES string of the molecule is Cc1c(NC(=O)c2ccc(S(=O)(=O)NCC3CCCO3)cc2)cccc1[N+](=O)[O-]. The average Bonchev–Trinajstić information content (AvgIpc) is 3.22. The van der Waals surface area contributed by atoms with Crippen molar-refractivity contribution in [2.45, 2.75) is 30.8 Å². The lowest BCUT2D eigenvalue weighted by atomic mass is 10.1. The number of nitrogens with zero attached hydrogens (tertiary/aromatic N) is 1. The summed E-state index contributed by atoms with van der Waals surface area (Å²) in [6.07, 6.45) is 1.62. The first-order chi connectivity index (χ1) is 13.8. The molecule has 1 amide bonds. The van der Waals surface area contributed by atoms with Gasteiger partial charge in [0.05, 0.1) is 27.2 Å². The smallest absolute Gasteiger partial charge is 0.274 e. The number of amides is 1. The lowest BCUT2D eigenvalue weighted by Gasteiger charge is -2.12. The Morgan fingerprint density at radius 3 is 2.59 bits per heavy atom. The van der Waals surface area contributed by atoms with Crippen molar-refractivity contribution in [3.05, 3.63) is 63.7 Å². The fraction of sp³-hybridized carbons (Fsp3) is 0.316.